The van der Waals surface area contributed by atoms with Gasteiger partial charge in [-0.15, -0.1) is 10.2 Å². The lowest BCUT2D eigenvalue weighted by molar-refractivity contribution is 0.390. The van der Waals surface area contributed by atoms with Crippen LogP contribution in [0.5, 0.6) is 0 Å². The summed E-state index contributed by atoms with van der Waals surface area (Å²) in [6.07, 6.45) is 6.06. The molecule has 4 heterocycles. The molecule has 0 spiro atoms. The molecule has 0 atom stereocenters. The van der Waals surface area contributed by atoms with Crippen LogP contribution >= 0.6 is 11.8 Å². The number of pyridine rings is 1. The van der Waals surface area contributed by atoms with Crippen LogP contribution in [0, 0.1) is 0 Å². The van der Waals surface area contributed by atoms with Crippen molar-refractivity contribution in [3.63, 3.8) is 0 Å². The van der Waals surface area contributed by atoms with Gasteiger partial charge in [-0.2, -0.15) is 4.98 Å². The first-order valence-electron chi connectivity index (χ1n) is 8.18. The van der Waals surface area contributed by atoms with E-state index < -0.39 is 0 Å². The second kappa shape index (κ2) is 7.52. The molecule has 0 aromatic carbocycles. The monoisotopic (exact) mass is 368 g/mol. The van der Waals surface area contributed by atoms with Crippen molar-refractivity contribution in [2.75, 3.05) is 0 Å². The Bertz CT molecular complexity index is 964. The molecule has 4 aromatic heterocycles. The maximum Gasteiger partial charge on any atom is 0.238 e. The second-order valence-corrected chi connectivity index (χ2v) is 6.41. The minimum atomic E-state index is 0.443. The minimum Gasteiger partial charge on any atom is -0.461 e. The van der Waals surface area contributed by atoms with Crippen LogP contribution < -0.4 is 0 Å². The number of hydrogen-bond donors (Lipinski definition) is 0. The van der Waals surface area contributed by atoms with E-state index in [0.29, 0.717) is 23.2 Å². The predicted octanol–water partition coefficient (Wildman–Crippen LogP) is 3.69. The lowest BCUT2D eigenvalue weighted by Crippen LogP contribution is -2.02. The highest BCUT2D eigenvalue weighted by Gasteiger charge is 2.16. The molecule has 0 bridgehead atoms. The third-order valence-electron chi connectivity index (χ3n) is 3.64. The summed E-state index contributed by atoms with van der Waals surface area (Å²) in [5, 5.41) is 13.4. The summed E-state index contributed by atoms with van der Waals surface area (Å²) >= 11 is 1.51. The molecule has 0 unspecified atom stereocenters. The van der Waals surface area contributed by atoms with Gasteiger partial charge in [0.2, 0.25) is 11.7 Å². The third kappa shape index (κ3) is 3.38. The second-order valence-electron chi connectivity index (χ2n) is 5.47. The molecule has 0 saturated carbocycles. The summed E-state index contributed by atoms with van der Waals surface area (Å²) in [4.78, 5) is 8.41. The Balaban J connectivity index is 1.52. The summed E-state index contributed by atoms with van der Waals surface area (Å²) in [6.45, 7) is 2.95. The summed E-state index contributed by atoms with van der Waals surface area (Å²) in [5.74, 6) is 2.88. The van der Waals surface area contributed by atoms with Crippen LogP contribution in [-0.4, -0.2) is 29.9 Å². The molecular weight excluding hydrogens is 352 g/mol. The molecule has 26 heavy (non-hydrogen) atoms. The molecule has 0 N–H and O–H groups in total. The van der Waals surface area contributed by atoms with Crippen LogP contribution in [-0.2, 0) is 12.3 Å². The summed E-state index contributed by atoms with van der Waals surface area (Å²) in [5.41, 5.74) is 0.991. The third-order valence-corrected chi connectivity index (χ3v) is 4.59. The molecule has 0 radical (unpaired) electrons. The molecule has 0 amide bonds. The van der Waals surface area contributed by atoms with Crippen LogP contribution in [0.2, 0.25) is 0 Å². The molecule has 4 aromatic rings. The summed E-state index contributed by atoms with van der Waals surface area (Å²) in [6, 6.07) is 7.44. The number of rotatable bonds is 7. The van der Waals surface area contributed by atoms with E-state index >= 15 is 0 Å². The zero-order valence-corrected chi connectivity index (χ0v) is 14.9. The minimum absolute atomic E-state index is 0.443. The zero-order valence-electron chi connectivity index (χ0n) is 14.1. The Morgan fingerprint density at radius 1 is 1.15 bits per heavy atom. The topological polar surface area (TPSA) is 95.7 Å². The molecule has 0 aliphatic rings. The molecule has 0 saturated heterocycles. The average Bonchev–Trinajstić information content (AvgIpc) is 3.42. The highest BCUT2D eigenvalue weighted by Crippen LogP contribution is 2.27. The Hall–Kier alpha value is -2.94. The van der Waals surface area contributed by atoms with E-state index in [2.05, 4.69) is 36.8 Å². The highest BCUT2D eigenvalue weighted by molar-refractivity contribution is 7.98. The maximum absolute atomic E-state index is 5.29. The fourth-order valence-electron chi connectivity index (χ4n) is 2.48. The first-order chi connectivity index (χ1) is 12.8. The molecule has 0 fully saturated rings. The zero-order chi connectivity index (χ0) is 17.8. The van der Waals surface area contributed by atoms with Gasteiger partial charge in [-0.05, 0) is 30.7 Å². The Morgan fingerprint density at radius 3 is 2.81 bits per heavy atom. The summed E-state index contributed by atoms with van der Waals surface area (Å²) < 4.78 is 12.7. The van der Waals surface area contributed by atoms with Gasteiger partial charge in [-0.3, -0.25) is 4.98 Å². The van der Waals surface area contributed by atoms with E-state index in [1.54, 1.807) is 30.8 Å². The van der Waals surface area contributed by atoms with Gasteiger partial charge in [0.1, 0.15) is 0 Å². The average molecular weight is 368 g/mol. The predicted molar refractivity (Wildman–Crippen MR) is 95.1 cm³/mol. The highest BCUT2D eigenvalue weighted by atomic mass is 32.2. The van der Waals surface area contributed by atoms with Crippen LogP contribution in [0.3, 0.4) is 0 Å². The smallest absolute Gasteiger partial charge is 0.238 e. The van der Waals surface area contributed by atoms with E-state index in [1.807, 2.05) is 12.1 Å². The van der Waals surface area contributed by atoms with Crippen molar-refractivity contribution in [3.05, 3.63) is 48.8 Å². The maximum atomic E-state index is 5.29. The van der Waals surface area contributed by atoms with Gasteiger partial charge in [0.25, 0.3) is 0 Å². The fraction of sp³-hybridized carbons (Fsp3) is 0.235. The van der Waals surface area contributed by atoms with E-state index in [-0.39, 0.29) is 0 Å². The molecule has 132 valence electrons. The lowest BCUT2D eigenvalue weighted by atomic mass is 10.2. The van der Waals surface area contributed by atoms with Crippen LogP contribution in [0.15, 0.2) is 57.0 Å². The van der Waals surface area contributed by atoms with E-state index in [1.165, 1.54) is 11.8 Å². The number of aromatic nitrogens is 6. The van der Waals surface area contributed by atoms with Gasteiger partial charge >= 0.3 is 0 Å². The van der Waals surface area contributed by atoms with Crippen molar-refractivity contribution >= 4 is 11.8 Å². The van der Waals surface area contributed by atoms with E-state index in [4.69, 9.17) is 8.94 Å². The fourth-order valence-corrected chi connectivity index (χ4v) is 3.28. The van der Waals surface area contributed by atoms with Crippen molar-refractivity contribution in [2.45, 2.75) is 30.8 Å². The van der Waals surface area contributed by atoms with Crippen molar-refractivity contribution in [3.8, 4) is 23.0 Å². The van der Waals surface area contributed by atoms with Crippen molar-refractivity contribution < 1.29 is 8.94 Å². The van der Waals surface area contributed by atoms with Gasteiger partial charge in [0.15, 0.2) is 16.7 Å². The van der Waals surface area contributed by atoms with Crippen molar-refractivity contribution in [1.82, 2.24) is 29.9 Å². The molecular formula is C17H16N6O2S. The quantitative estimate of drug-likeness (QED) is 0.456. The van der Waals surface area contributed by atoms with Gasteiger partial charge in [0, 0.05) is 24.5 Å². The molecule has 0 aliphatic heterocycles. The van der Waals surface area contributed by atoms with Gasteiger partial charge in [-0.1, -0.05) is 23.8 Å². The SMILES string of the molecule is CCCn1c(SCc2nc(-c3ccco3)no2)nnc1-c1ccncc1. The van der Waals surface area contributed by atoms with Crippen molar-refractivity contribution in [2.24, 2.45) is 0 Å². The number of furan rings is 1. The largest absolute Gasteiger partial charge is 0.461 e. The van der Waals surface area contributed by atoms with Gasteiger partial charge < -0.3 is 13.5 Å². The number of hydrogen-bond acceptors (Lipinski definition) is 8. The van der Waals surface area contributed by atoms with Crippen LogP contribution in [0.1, 0.15) is 19.2 Å². The Labute approximate surface area is 153 Å². The standard InChI is InChI=1S/C17H16N6O2S/c1-2-9-23-16(12-5-7-18-8-6-12)20-21-17(23)26-11-14-19-15(22-25-14)13-4-3-10-24-13/h3-8,10H,2,9,11H2,1H3. The first-order valence-corrected chi connectivity index (χ1v) is 9.16. The Morgan fingerprint density at radius 2 is 2.04 bits per heavy atom. The van der Waals surface area contributed by atoms with Gasteiger partial charge in [-0.25, -0.2) is 0 Å². The van der Waals surface area contributed by atoms with Crippen LogP contribution in [0.25, 0.3) is 23.0 Å². The van der Waals surface area contributed by atoms with E-state index in [9.17, 15) is 0 Å². The first kappa shape index (κ1) is 16.5. The molecule has 8 nitrogen and oxygen atoms in total. The number of nitrogens with zero attached hydrogens (tertiary/aromatic N) is 6. The molecule has 4 rings (SSSR count). The normalized spacial score (nSPS) is 11.1. The van der Waals surface area contributed by atoms with Gasteiger partial charge in [0.05, 0.1) is 12.0 Å². The van der Waals surface area contributed by atoms with Crippen molar-refractivity contribution in [1.29, 1.82) is 0 Å². The Kier molecular flexibility index (Phi) is 4.78. The summed E-state index contributed by atoms with van der Waals surface area (Å²) in [7, 11) is 0. The van der Waals surface area contributed by atoms with Crippen LogP contribution in [0.4, 0.5) is 0 Å². The lowest BCUT2D eigenvalue weighted by Gasteiger charge is -2.07. The van der Waals surface area contributed by atoms with E-state index in [0.717, 1.165) is 29.5 Å². The molecule has 9 heteroatoms. The number of thioether (sulfide) groups is 1. The molecule has 0 aliphatic carbocycles.